The number of nitrogens with one attached hydrogen (secondary N) is 3. The van der Waals surface area contributed by atoms with Gasteiger partial charge in [0.2, 0.25) is 0 Å². The third-order valence-electron chi connectivity index (χ3n) is 5.39. The van der Waals surface area contributed by atoms with Gasteiger partial charge in [0, 0.05) is 30.7 Å². The molecule has 0 aliphatic heterocycles. The Hall–Kier alpha value is -4.30. The summed E-state index contributed by atoms with van der Waals surface area (Å²) in [7, 11) is 0. The van der Waals surface area contributed by atoms with Crippen LogP contribution in [0.15, 0.2) is 72.9 Å². The molecule has 0 fully saturated rings. The van der Waals surface area contributed by atoms with Crippen molar-refractivity contribution in [1.82, 2.24) is 15.6 Å². The molecular weight excluding hydrogens is 492 g/mol. The molecular formula is C28H27ClN4O4. The van der Waals surface area contributed by atoms with E-state index in [9.17, 15) is 9.59 Å². The summed E-state index contributed by atoms with van der Waals surface area (Å²) in [6.07, 6.45) is 1.60. The van der Waals surface area contributed by atoms with E-state index in [4.69, 9.17) is 21.1 Å². The van der Waals surface area contributed by atoms with Crippen LogP contribution in [0.3, 0.4) is 0 Å². The molecule has 0 saturated carbocycles. The van der Waals surface area contributed by atoms with Crippen LogP contribution in [0.1, 0.15) is 29.8 Å². The number of benzene rings is 3. The zero-order valence-corrected chi connectivity index (χ0v) is 21.3. The van der Waals surface area contributed by atoms with E-state index in [1.54, 1.807) is 42.6 Å². The van der Waals surface area contributed by atoms with Gasteiger partial charge in [0.05, 0.1) is 16.1 Å². The molecule has 0 radical (unpaired) electrons. The van der Waals surface area contributed by atoms with E-state index >= 15 is 0 Å². The fraction of sp³-hybridized carbons (Fsp3) is 0.179. The monoisotopic (exact) mass is 518 g/mol. The summed E-state index contributed by atoms with van der Waals surface area (Å²) in [5.74, 6) is 0.915. The maximum atomic E-state index is 12.9. The van der Waals surface area contributed by atoms with Crippen LogP contribution in [-0.2, 0) is 6.61 Å². The van der Waals surface area contributed by atoms with Crippen molar-refractivity contribution in [2.24, 2.45) is 0 Å². The molecule has 0 bridgehead atoms. The van der Waals surface area contributed by atoms with Crippen LogP contribution in [-0.4, -0.2) is 30.0 Å². The number of aromatic nitrogens is 1. The number of anilines is 1. The topological polar surface area (TPSA) is 102 Å². The maximum Gasteiger partial charge on any atom is 0.319 e. The van der Waals surface area contributed by atoms with Gasteiger partial charge >= 0.3 is 6.03 Å². The van der Waals surface area contributed by atoms with Crippen molar-refractivity contribution < 1.29 is 19.1 Å². The Bertz CT molecular complexity index is 1410. The number of carbonyl (C=O) groups is 2. The lowest BCUT2D eigenvalue weighted by Crippen LogP contribution is -2.28. The molecule has 1 aromatic heterocycles. The number of pyridine rings is 1. The van der Waals surface area contributed by atoms with Crippen molar-refractivity contribution >= 4 is 40.1 Å². The number of nitrogens with zero attached hydrogens (tertiary/aromatic N) is 1. The Morgan fingerprint density at radius 3 is 2.43 bits per heavy atom. The zero-order valence-electron chi connectivity index (χ0n) is 20.5. The molecule has 0 saturated heterocycles. The van der Waals surface area contributed by atoms with Crippen LogP contribution < -0.4 is 25.4 Å². The van der Waals surface area contributed by atoms with Gasteiger partial charge in [-0.25, -0.2) is 4.79 Å². The van der Waals surface area contributed by atoms with Gasteiger partial charge in [-0.2, -0.15) is 0 Å². The highest BCUT2D eigenvalue weighted by Gasteiger charge is 2.18. The molecule has 190 valence electrons. The molecule has 0 aliphatic carbocycles. The van der Waals surface area contributed by atoms with Crippen LogP contribution in [0.2, 0.25) is 5.02 Å². The van der Waals surface area contributed by atoms with E-state index in [0.29, 0.717) is 64.1 Å². The van der Waals surface area contributed by atoms with Crippen molar-refractivity contribution in [3.63, 3.8) is 0 Å². The predicted octanol–water partition coefficient (Wildman–Crippen LogP) is 6.15. The van der Waals surface area contributed by atoms with Crippen LogP contribution in [0.4, 0.5) is 10.5 Å². The van der Waals surface area contributed by atoms with Crippen LogP contribution in [0.5, 0.6) is 17.2 Å². The normalized spacial score (nSPS) is 10.6. The van der Waals surface area contributed by atoms with Crippen molar-refractivity contribution in [2.75, 3.05) is 18.4 Å². The smallest absolute Gasteiger partial charge is 0.319 e. The summed E-state index contributed by atoms with van der Waals surface area (Å²) in [4.78, 5) is 29.6. The Balaban J connectivity index is 1.72. The lowest BCUT2D eigenvalue weighted by atomic mass is 10.1. The number of hydrogen-bond acceptors (Lipinski definition) is 5. The van der Waals surface area contributed by atoms with Crippen LogP contribution >= 0.6 is 11.6 Å². The minimum absolute atomic E-state index is 0.274. The van der Waals surface area contributed by atoms with E-state index in [0.717, 1.165) is 5.56 Å². The zero-order chi connectivity index (χ0) is 26.2. The Labute approximate surface area is 220 Å². The van der Waals surface area contributed by atoms with Gasteiger partial charge in [-0.1, -0.05) is 48.0 Å². The average Bonchev–Trinajstić information content (AvgIpc) is 2.90. The highest BCUT2D eigenvalue weighted by molar-refractivity contribution is 6.34. The van der Waals surface area contributed by atoms with Crippen molar-refractivity contribution in [3.8, 4) is 17.2 Å². The number of ether oxygens (including phenoxy) is 2. The SMILES string of the molecule is CCNC(=O)Nc1c(Cl)cccc1Oc1ccnc2cc(OCc3ccccc3)c(C(=O)NCC)cc12. The Kier molecular flexibility index (Phi) is 8.43. The third kappa shape index (κ3) is 6.29. The number of halogens is 1. The van der Waals surface area contributed by atoms with E-state index < -0.39 is 6.03 Å². The average molecular weight is 519 g/mol. The van der Waals surface area contributed by atoms with Crippen molar-refractivity contribution in [1.29, 1.82) is 0 Å². The predicted molar refractivity (Wildman–Crippen MR) is 145 cm³/mol. The Morgan fingerprint density at radius 1 is 0.892 bits per heavy atom. The molecule has 0 atom stereocenters. The van der Waals surface area contributed by atoms with Gasteiger partial charge in [-0.3, -0.25) is 9.78 Å². The van der Waals surface area contributed by atoms with E-state index in [1.807, 2.05) is 44.2 Å². The standard InChI is InChI=1S/C28H27ClN4O4/c1-3-30-27(34)20-15-19-22(16-25(20)36-17-18-9-6-5-7-10-18)32-14-13-23(19)37-24-12-8-11-21(29)26(24)33-28(35)31-4-2/h5-16H,3-4,17H2,1-2H3,(H,30,34)(H2,31,33,35). The molecule has 1 heterocycles. The van der Waals surface area contributed by atoms with Crippen molar-refractivity contribution in [3.05, 3.63) is 89.1 Å². The minimum atomic E-state index is -0.404. The number of amides is 3. The quantitative estimate of drug-likeness (QED) is 0.246. The maximum absolute atomic E-state index is 12.9. The summed E-state index contributed by atoms with van der Waals surface area (Å²) in [5.41, 5.74) is 2.23. The molecule has 0 aliphatic rings. The van der Waals surface area contributed by atoms with Crippen LogP contribution in [0.25, 0.3) is 10.9 Å². The highest BCUT2D eigenvalue weighted by atomic mass is 35.5. The van der Waals surface area contributed by atoms with Gasteiger partial charge in [-0.15, -0.1) is 0 Å². The molecule has 9 heteroatoms. The third-order valence-corrected chi connectivity index (χ3v) is 5.71. The first-order valence-electron chi connectivity index (χ1n) is 11.9. The Morgan fingerprint density at radius 2 is 1.68 bits per heavy atom. The highest BCUT2D eigenvalue weighted by Crippen LogP contribution is 2.38. The van der Waals surface area contributed by atoms with Crippen molar-refractivity contribution in [2.45, 2.75) is 20.5 Å². The lowest BCUT2D eigenvalue weighted by molar-refractivity contribution is 0.0951. The second-order valence-corrected chi connectivity index (χ2v) is 8.42. The summed E-state index contributed by atoms with van der Waals surface area (Å²) < 4.78 is 12.3. The molecule has 3 amide bonds. The van der Waals surface area contributed by atoms with Gasteiger partial charge in [-0.05, 0) is 43.7 Å². The molecule has 0 unspecified atom stereocenters. The second-order valence-electron chi connectivity index (χ2n) is 8.01. The fourth-order valence-corrected chi connectivity index (χ4v) is 3.89. The van der Waals surface area contributed by atoms with E-state index in [2.05, 4.69) is 20.9 Å². The molecule has 3 N–H and O–H groups in total. The summed E-state index contributed by atoms with van der Waals surface area (Å²) in [5, 5.41) is 9.15. The minimum Gasteiger partial charge on any atom is -0.488 e. The van der Waals surface area contributed by atoms with Gasteiger partial charge in [0.15, 0.2) is 5.75 Å². The van der Waals surface area contributed by atoms with E-state index in [1.165, 1.54) is 0 Å². The number of urea groups is 1. The number of hydrogen-bond donors (Lipinski definition) is 3. The van der Waals surface area contributed by atoms with Gasteiger partial charge in [0.25, 0.3) is 5.91 Å². The largest absolute Gasteiger partial charge is 0.488 e. The lowest BCUT2D eigenvalue weighted by Gasteiger charge is -2.17. The fourth-order valence-electron chi connectivity index (χ4n) is 3.67. The molecule has 0 spiro atoms. The first-order chi connectivity index (χ1) is 18.0. The van der Waals surface area contributed by atoms with Gasteiger partial charge < -0.3 is 25.4 Å². The molecule has 3 aromatic carbocycles. The summed E-state index contributed by atoms with van der Waals surface area (Å²) >= 11 is 6.36. The number of para-hydroxylation sites is 1. The van der Waals surface area contributed by atoms with Gasteiger partial charge in [0.1, 0.15) is 23.8 Å². The first kappa shape index (κ1) is 25.8. The first-order valence-corrected chi connectivity index (χ1v) is 12.3. The summed E-state index contributed by atoms with van der Waals surface area (Å²) in [6, 6.07) is 19.5. The molecule has 8 nitrogen and oxygen atoms in total. The number of fused-ring (bicyclic) bond motifs is 1. The molecule has 4 aromatic rings. The van der Waals surface area contributed by atoms with Crippen LogP contribution in [0, 0.1) is 0 Å². The number of carbonyl (C=O) groups excluding carboxylic acids is 2. The molecule has 37 heavy (non-hydrogen) atoms. The second kappa shape index (κ2) is 12.1. The molecule has 4 rings (SSSR count). The number of rotatable bonds is 9. The van der Waals surface area contributed by atoms with E-state index in [-0.39, 0.29) is 5.91 Å². The summed E-state index contributed by atoms with van der Waals surface area (Å²) in [6.45, 7) is 4.88.